The Hall–Kier alpha value is -1.90. The molecule has 1 fully saturated rings. The summed E-state index contributed by atoms with van der Waals surface area (Å²) >= 11 is 0. The molecule has 0 bridgehead atoms. The van der Waals surface area contributed by atoms with Gasteiger partial charge in [-0.15, -0.1) is 0 Å². The molecule has 0 saturated heterocycles. The second kappa shape index (κ2) is 6.25. The van der Waals surface area contributed by atoms with Gasteiger partial charge in [0.1, 0.15) is 5.78 Å². The molecule has 3 nitrogen and oxygen atoms in total. The summed E-state index contributed by atoms with van der Waals surface area (Å²) in [5, 5.41) is 4.31. The van der Waals surface area contributed by atoms with Gasteiger partial charge in [-0.3, -0.25) is 9.48 Å². The van der Waals surface area contributed by atoms with E-state index >= 15 is 0 Å². The van der Waals surface area contributed by atoms with E-state index in [0.717, 1.165) is 25.8 Å². The number of hydrogen-bond donors (Lipinski definition) is 0. The maximum Gasteiger partial charge on any atom is 0.136 e. The van der Waals surface area contributed by atoms with Crippen LogP contribution in [0.15, 0.2) is 42.7 Å². The van der Waals surface area contributed by atoms with Crippen molar-refractivity contribution in [2.75, 3.05) is 0 Å². The van der Waals surface area contributed by atoms with E-state index in [4.69, 9.17) is 0 Å². The lowest BCUT2D eigenvalue weighted by Crippen LogP contribution is -2.25. The topological polar surface area (TPSA) is 34.9 Å². The lowest BCUT2D eigenvalue weighted by molar-refractivity contribution is -0.124. The Morgan fingerprint density at radius 3 is 2.81 bits per heavy atom. The molecule has 0 radical (unpaired) electrons. The third-order valence-electron chi connectivity index (χ3n) is 4.53. The highest BCUT2D eigenvalue weighted by atomic mass is 16.1. The van der Waals surface area contributed by atoms with Gasteiger partial charge in [-0.2, -0.15) is 5.10 Å². The molecular weight excluding hydrogens is 260 g/mol. The Balaban J connectivity index is 1.70. The van der Waals surface area contributed by atoms with Crippen LogP contribution in [-0.2, 0) is 17.8 Å². The Bertz CT molecular complexity index is 603. The third-order valence-corrected chi connectivity index (χ3v) is 4.53. The SMILES string of the molecule is CCn1cc(CC2CC(c3ccccc3)CCC2=O)cn1. The summed E-state index contributed by atoms with van der Waals surface area (Å²) in [5.74, 6) is 1.10. The van der Waals surface area contributed by atoms with E-state index in [0.29, 0.717) is 18.1 Å². The molecule has 2 unspecified atom stereocenters. The van der Waals surface area contributed by atoms with Crippen LogP contribution in [0, 0.1) is 5.92 Å². The Morgan fingerprint density at radius 1 is 1.29 bits per heavy atom. The predicted molar refractivity (Wildman–Crippen MR) is 83.1 cm³/mol. The fourth-order valence-corrected chi connectivity index (χ4v) is 3.31. The standard InChI is InChI=1S/C18H22N2O/c1-2-20-13-14(12-19-20)10-17-11-16(8-9-18(17)21)15-6-4-3-5-7-15/h3-7,12-13,16-17H,2,8-11H2,1H3. The van der Waals surface area contributed by atoms with Crippen molar-refractivity contribution < 1.29 is 4.79 Å². The van der Waals surface area contributed by atoms with Crippen LogP contribution in [0.4, 0.5) is 0 Å². The summed E-state index contributed by atoms with van der Waals surface area (Å²) in [4.78, 5) is 12.2. The highest BCUT2D eigenvalue weighted by Crippen LogP contribution is 2.35. The van der Waals surface area contributed by atoms with Crippen LogP contribution in [0.25, 0.3) is 0 Å². The van der Waals surface area contributed by atoms with E-state index in [-0.39, 0.29) is 5.92 Å². The number of benzene rings is 1. The van der Waals surface area contributed by atoms with Crippen molar-refractivity contribution in [3.63, 3.8) is 0 Å². The molecule has 2 atom stereocenters. The van der Waals surface area contributed by atoms with E-state index in [1.165, 1.54) is 11.1 Å². The van der Waals surface area contributed by atoms with Crippen molar-refractivity contribution in [2.24, 2.45) is 5.92 Å². The second-order valence-corrected chi connectivity index (χ2v) is 5.95. The molecule has 1 aromatic heterocycles. The summed E-state index contributed by atoms with van der Waals surface area (Å²) < 4.78 is 1.93. The number of aromatic nitrogens is 2. The molecule has 3 heteroatoms. The maximum atomic E-state index is 12.2. The molecule has 1 aromatic carbocycles. The van der Waals surface area contributed by atoms with Gasteiger partial charge in [-0.1, -0.05) is 30.3 Å². The van der Waals surface area contributed by atoms with E-state index in [1.807, 2.05) is 16.9 Å². The average molecular weight is 282 g/mol. The highest BCUT2D eigenvalue weighted by molar-refractivity contribution is 5.82. The quantitative estimate of drug-likeness (QED) is 0.859. The van der Waals surface area contributed by atoms with Gasteiger partial charge < -0.3 is 0 Å². The smallest absolute Gasteiger partial charge is 0.136 e. The van der Waals surface area contributed by atoms with Gasteiger partial charge in [-0.25, -0.2) is 0 Å². The van der Waals surface area contributed by atoms with Crippen LogP contribution in [0.3, 0.4) is 0 Å². The predicted octanol–water partition coefficient (Wildman–Crippen LogP) is 3.60. The lowest BCUT2D eigenvalue weighted by atomic mass is 9.75. The van der Waals surface area contributed by atoms with E-state index < -0.39 is 0 Å². The molecule has 1 aliphatic carbocycles. The van der Waals surface area contributed by atoms with Gasteiger partial charge in [0.25, 0.3) is 0 Å². The zero-order chi connectivity index (χ0) is 14.7. The number of ketones is 1. The normalized spacial score (nSPS) is 22.4. The van der Waals surface area contributed by atoms with E-state index in [2.05, 4.69) is 42.5 Å². The lowest BCUT2D eigenvalue weighted by Gasteiger charge is -2.28. The number of rotatable bonds is 4. The zero-order valence-corrected chi connectivity index (χ0v) is 12.5. The molecular formula is C18H22N2O. The van der Waals surface area contributed by atoms with Crippen molar-refractivity contribution >= 4 is 5.78 Å². The molecule has 0 aliphatic heterocycles. The number of hydrogen-bond acceptors (Lipinski definition) is 2. The number of nitrogens with zero attached hydrogens (tertiary/aromatic N) is 2. The van der Waals surface area contributed by atoms with E-state index in [1.54, 1.807) is 0 Å². The van der Waals surface area contributed by atoms with Gasteiger partial charge in [-0.05, 0) is 43.2 Å². The first-order valence-corrected chi connectivity index (χ1v) is 7.85. The first-order valence-electron chi connectivity index (χ1n) is 7.85. The van der Waals surface area contributed by atoms with Gasteiger partial charge in [0, 0.05) is 25.1 Å². The largest absolute Gasteiger partial charge is 0.299 e. The number of aryl methyl sites for hydroxylation is 1. The minimum absolute atomic E-state index is 0.151. The second-order valence-electron chi connectivity index (χ2n) is 5.95. The van der Waals surface area contributed by atoms with Gasteiger partial charge in [0.05, 0.1) is 6.20 Å². The third kappa shape index (κ3) is 3.23. The molecule has 2 aromatic rings. The first kappa shape index (κ1) is 14.1. The van der Waals surface area contributed by atoms with Crippen LogP contribution in [0.5, 0.6) is 0 Å². The molecule has 110 valence electrons. The van der Waals surface area contributed by atoms with Crippen LogP contribution in [0.1, 0.15) is 43.2 Å². The summed E-state index contributed by atoms with van der Waals surface area (Å²) in [7, 11) is 0. The van der Waals surface area contributed by atoms with Crippen molar-refractivity contribution in [1.82, 2.24) is 9.78 Å². The minimum Gasteiger partial charge on any atom is -0.299 e. The average Bonchev–Trinajstić information content (AvgIpc) is 2.98. The highest BCUT2D eigenvalue weighted by Gasteiger charge is 2.29. The van der Waals surface area contributed by atoms with Crippen molar-refractivity contribution in [1.29, 1.82) is 0 Å². The van der Waals surface area contributed by atoms with Gasteiger partial charge in [0.2, 0.25) is 0 Å². The van der Waals surface area contributed by atoms with Crippen molar-refractivity contribution in [3.8, 4) is 0 Å². The molecule has 3 rings (SSSR count). The fraction of sp³-hybridized carbons (Fsp3) is 0.444. The zero-order valence-electron chi connectivity index (χ0n) is 12.5. The minimum atomic E-state index is 0.151. The molecule has 0 spiro atoms. The first-order chi connectivity index (χ1) is 10.3. The molecule has 0 amide bonds. The van der Waals surface area contributed by atoms with Gasteiger partial charge in [0.15, 0.2) is 0 Å². The van der Waals surface area contributed by atoms with Crippen LogP contribution in [-0.4, -0.2) is 15.6 Å². The molecule has 1 aliphatic rings. The maximum absolute atomic E-state index is 12.2. The van der Waals surface area contributed by atoms with Crippen LogP contribution in [0.2, 0.25) is 0 Å². The Kier molecular flexibility index (Phi) is 4.18. The summed E-state index contributed by atoms with van der Waals surface area (Å²) in [6.45, 7) is 2.96. The monoisotopic (exact) mass is 282 g/mol. The van der Waals surface area contributed by atoms with Crippen LogP contribution >= 0.6 is 0 Å². The Labute approximate surface area is 126 Å². The number of carbonyl (C=O) groups excluding carboxylic acids is 1. The molecule has 21 heavy (non-hydrogen) atoms. The van der Waals surface area contributed by atoms with Crippen LogP contribution < -0.4 is 0 Å². The van der Waals surface area contributed by atoms with E-state index in [9.17, 15) is 4.79 Å². The molecule has 1 heterocycles. The number of carbonyl (C=O) groups is 1. The fourth-order valence-electron chi connectivity index (χ4n) is 3.31. The Morgan fingerprint density at radius 2 is 2.10 bits per heavy atom. The van der Waals surface area contributed by atoms with Crippen molar-refractivity contribution in [3.05, 3.63) is 53.9 Å². The number of Topliss-reactive ketones (excluding diaryl/α,β-unsaturated/α-hetero) is 1. The van der Waals surface area contributed by atoms with Gasteiger partial charge >= 0.3 is 0 Å². The summed E-state index contributed by atoms with van der Waals surface area (Å²) in [6.07, 6.45) is 7.49. The summed E-state index contributed by atoms with van der Waals surface area (Å²) in [5.41, 5.74) is 2.56. The molecule has 1 saturated carbocycles. The summed E-state index contributed by atoms with van der Waals surface area (Å²) in [6, 6.07) is 10.6. The molecule has 0 N–H and O–H groups in total. The van der Waals surface area contributed by atoms with Crippen molar-refractivity contribution in [2.45, 2.75) is 45.1 Å².